The van der Waals surface area contributed by atoms with Gasteiger partial charge in [0.05, 0.1) is 12.6 Å². The molecule has 1 N–H and O–H groups in total. The average Bonchev–Trinajstić information content (AvgIpc) is 3.07. The van der Waals surface area contributed by atoms with Crippen LogP contribution in [0.4, 0.5) is 10.5 Å². The number of carbonyl (C=O) groups is 1. The van der Waals surface area contributed by atoms with Crippen molar-refractivity contribution in [2.75, 3.05) is 19.0 Å². The second-order valence-electron chi connectivity index (χ2n) is 5.93. The maximum atomic E-state index is 12.8. The highest BCUT2D eigenvalue weighted by atomic mass is 35.5. The molecule has 126 valence electrons. The van der Waals surface area contributed by atoms with Gasteiger partial charge in [-0.25, -0.2) is 4.79 Å². The van der Waals surface area contributed by atoms with Crippen LogP contribution in [0.1, 0.15) is 30.0 Å². The number of nitrogens with zero attached hydrogens (tertiary/aromatic N) is 1. The van der Waals surface area contributed by atoms with Crippen molar-refractivity contribution in [2.45, 2.75) is 25.5 Å². The van der Waals surface area contributed by atoms with Crippen molar-refractivity contribution in [3.8, 4) is 0 Å². The SMILES string of the molecule is COCc1ccccc1NC(=O)N1CCCC1c1cccc(Cl)c1. The first-order valence-electron chi connectivity index (χ1n) is 8.09. The summed E-state index contributed by atoms with van der Waals surface area (Å²) in [7, 11) is 1.65. The topological polar surface area (TPSA) is 41.6 Å². The van der Waals surface area contributed by atoms with Gasteiger partial charge in [-0.3, -0.25) is 0 Å². The number of rotatable bonds is 4. The van der Waals surface area contributed by atoms with Gasteiger partial charge in [-0.1, -0.05) is 41.9 Å². The van der Waals surface area contributed by atoms with Gasteiger partial charge in [0, 0.05) is 29.9 Å². The van der Waals surface area contributed by atoms with Crippen LogP contribution in [0.25, 0.3) is 0 Å². The van der Waals surface area contributed by atoms with Crippen molar-refractivity contribution >= 4 is 23.3 Å². The highest BCUT2D eigenvalue weighted by Crippen LogP contribution is 2.33. The number of likely N-dealkylation sites (tertiary alicyclic amines) is 1. The zero-order chi connectivity index (χ0) is 16.9. The Bertz CT molecular complexity index is 720. The summed E-state index contributed by atoms with van der Waals surface area (Å²) in [6.07, 6.45) is 1.94. The number of hydrogen-bond acceptors (Lipinski definition) is 2. The van der Waals surface area contributed by atoms with E-state index < -0.39 is 0 Å². The van der Waals surface area contributed by atoms with E-state index in [-0.39, 0.29) is 12.1 Å². The van der Waals surface area contributed by atoms with Crippen LogP contribution in [-0.4, -0.2) is 24.6 Å². The van der Waals surface area contributed by atoms with E-state index in [0.29, 0.717) is 11.6 Å². The Morgan fingerprint density at radius 3 is 2.92 bits per heavy atom. The van der Waals surface area contributed by atoms with Crippen molar-refractivity contribution in [1.29, 1.82) is 0 Å². The fourth-order valence-electron chi connectivity index (χ4n) is 3.18. The largest absolute Gasteiger partial charge is 0.380 e. The van der Waals surface area contributed by atoms with E-state index in [1.165, 1.54) is 0 Å². The smallest absolute Gasteiger partial charge is 0.322 e. The first-order valence-corrected chi connectivity index (χ1v) is 8.47. The summed E-state index contributed by atoms with van der Waals surface area (Å²) >= 11 is 6.10. The van der Waals surface area contributed by atoms with E-state index in [9.17, 15) is 4.79 Å². The molecule has 0 spiro atoms. The van der Waals surface area contributed by atoms with Crippen LogP contribution in [0.3, 0.4) is 0 Å². The van der Waals surface area contributed by atoms with Crippen LogP contribution >= 0.6 is 11.6 Å². The van der Waals surface area contributed by atoms with Crippen molar-refractivity contribution in [2.24, 2.45) is 0 Å². The summed E-state index contributed by atoms with van der Waals surface area (Å²) in [4.78, 5) is 14.7. The third-order valence-electron chi connectivity index (χ3n) is 4.31. The molecule has 5 heteroatoms. The zero-order valence-corrected chi connectivity index (χ0v) is 14.4. The molecule has 2 aromatic carbocycles. The van der Waals surface area contributed by atoms with Gasteiger partial charge in [0.25, 0.3) is 0 Å². The Balaban J connectivity index is 1.77. The second kappa shape index (κ2) is 7.69. The number of benzene rings is 2. The normalized spacial score (nSPS) is 17.1. The molecule has 3 rings (SSSR count). The minimum atomic E-state index is -0.0824. The molecular formula is C19H21ClN2O2. The first kappa shape index (κ1) is 16.8. The zero-order valence-electron chi connectivity index (χ0n) is 13.7. The van der Waals surface area contributed by atoms with E-state index in [1.807, 2.05) is 53.4 Å². The number of carbonyl (C=O) groups excluding carboxylic acids is 1. The minimum absolute atomic E-state index is 0.0679. The number of methoxy groups -OCH3 is 1. The van der Waals surface area contributed by atoms with Gasteiger partial charge in [-0.15, -0.1) is 0 Å². The number of hydrogen-bond donors (Lipinski definition) is 1. The third kappa shape index (κ3) is 3.71. The third-order valence-corrected chi connectivity index (χ3v) is 4.54. The molecular weight excluding hydrogens is 324 g/mol. The molecule has 1 aliphatic heterocycles. The summed E-state index contributed by atoms with van der Waals surface area (Å²) in [5.74, 6) is 0. The summed E-state index contributed by atoms with van der Waals surface area (Å²) in [5, 5.41) is 3.72. The molecule has 24 heavy (non-hydrogen) atoms. The van der Waals surface area contributed by atoms with Crippen LogP contribution in [0.5, 0.6) is 0 Å². The molecule has 2 amide bonds. The van der Waals surface area contributed by atoms with E-state index in [1.54, 1.807) is 7.11 Å². The Labute approximate surface area is 147 Å². The van der Waals surface area contributed by atoms with Gasteiger partial charge in [0.1, 0.15) is 0 Å². The summed E-state index contributed by atoms with van der Waals surface area (Å²) in [6, 6.07) is 15.4. The standard InChI is InChI=1S/C19H21ClN2O2/c1-24-13-15-6-2-3-9-17(15)21-19(23)22-11-5-10-18(22)14-7-4-8-16(20)12-14/h2-4,6-9,12,18H,5,10-11,13H2,1H3,(H,21,23). The fourth-order valence-corrected chi connectivity index (χ4v) is 3.38. The Hall–Kier alpha value is -2.04. The quantitative estimate of drug-likeness (QED) is 0.860. The van der Waals surface area contributed by atoms with E-state index in [4.69, 9.17) is 16.3 Å². The number of nitrogens with one attached hydrogen (secondary N) is 1. The van der Waals surface area contributed by atoms with Crippen LogP contribution in [0.2, 0.25) is 5.02 Å². The Morgan fingerprint density at radius 2 is 2.12 bits per heavy atom. The maximum absolute atomic E-state index is 12.8. The molecule has 1 saturated heterocycles. The number of halogens is 1. The molecule has 4 nitrogen and oxygen atoms in total. The second-order valence-corrected chi connectivity index (χ2v) is 6.36. The monoisotopic (exact) mass is 344 g/mol. The Kier molecular flexibility index (Phi) is 5.38. The number of para-hydroxylation sites is 1. The van der Waals surface area contributed by atoms with Gasteiger partial charge in [-0.05, 0) is 36.6 Å². The van der Waals surface area contributed by atoms with Gasteiger partial charge in [0.2, 0.25) is 0 Å². The highest BCUT2D eigenvalue weighted by molar-refractivity contribution is 6.30. The van der Waals surface area contributed by atoms with Crippen molar-refractivity contribution in [3.63, 3.8) is 0 Å². The van der Waals surface area contributed by atoms with Gasteiger partial charge < -0.3 is 15.0 Å². The minimum Gasteiger partial charge on any atom is -0.380 e. The van der Waals surface area contributed by atoms with Gasteiger partial charge in [-0.2, -0.15) is 0 Å². The molecule has 0 aromatic heterocycles. The van der Waals surface area contributed by atoms with Crippen molar-refractivity contribution in [3.05, 3.63) is 64.7 Å². The average molecular weight is 345 g/mol. The number of ether oxygens (including phenoxy) is 1. The molecule has 1 unspecified atom stereocenters. The van der Waals surface area contributed by atoms with Crippen LogP contribution in [-0.2, 0) is 11.3 Å². The summed E-state index contributed by atoms with van der Waals surface area (Å²) in [5.41, 5.74) is 2.84. The molecule has 0 saturated carbocycles. The lowest BCUT2D eigenvalue weighted by molar-refractivity contribution is 0.185. The predicted octanol–water partition coefficient (Wildman–Crippen LogP) is 4.86. The van der Waals surface area contributed by atoms with Crippen molar-refractivity contribution < 1.29 is 9.53 Å². The lowest BCUT2D eigenvalue weighted by Crippen LogP contribution is -2.34. The molecule has 1 heterocycles. The Morgan fingerprint density at radius 1 is 1.29 bits per heavy atom. The molecule has 2 aromatic rings. The molecule has 1 atom stereocenters. The molecule has 1 aliphatic rings. The van der Waals surface area contributed by atoms with Crippen LogP contribution in [0.15, 0.2) is 48.5 Å². The molecule has 0 bridgehead atoms. The molecule has 0 aliphatic carbocycles. The number of anilines is 1. The van der Waals surface area contributed by atoms with Gasteiger partial charge >= 0.3 is 6.03 Å². The summed E-state index contributed by atoms with van der Waals surface area (Å²) in [6.45, 7) is 1.21. The highest BCUT2D eigenvalue weighted by Gasteiger charge is 2.30. The lowest BCUT2D eigenvalue weighted by atomic mass is 10.0. The maximum Gasteiger partial charge on any atom is 0.322 e. The first-order chi connectivity index (χ1) is 11.7. The predicted molar refractivity (Wildman–Crippen MR) is 96.3 cm³/mol. The van der Waals surface area contributed by atoms with E-state index in [2.05, 4.69) is 5.32 Å². The molecule has 1 fully saturated rings. The van der Waals surface area contributed by atoms with E-state index >= 15 is 0 Å². The van der Waals surface area contributed by atoms with Crippen LogP contribution in [0, 0.1) is 0 Å². The number of amides is 2. The van der Waals surface area contributed by atoms with Crippen molar-refractivity contribution in [1.82, 2.24) is 4.90 Å². The van der Waals surface area contributed by atoms with Crippen LogP contribution < -0.4 is 5.32 Å². The fraction of sp³-hybridized carbons (Fsp3) is 0.316. The number of urea groups is 1. The summed E-state index contributed by atoms with van der Waals surface area (Å²) < 4.78 is 5.20. The van der Waals surface area contributed by atoms with E-state index in [0.717, 1.165) is 36.2 Å². The molecule has 0 radical (unpaired) electrons. The lowest BCUT2D eigenvalue weighted by Gasteiger charge is -2.26. The van der Waals surface area contributed by atoms with Gasteiger partial charge in [0.15, 0.2) is 0 Å².